The molecule has 2 unspecified atom stereocenters. The number of rotatable bonds is 4. The van der Waals surface area contributed by atoms with E-state index in [4.69, 9.17) is 5.26 Å². The summed E-state index contributed by atoms with van der Waals surface area (Å²) in [5, 5.41) is 18.3. The van der Waals surface area contributed by atoms with E-state index in [1.54, 1.807) is 23.5 Å². The fourth-order valence-electron chi connectivity index (χ4n) is 6.17. The zero-order valence-electron chi connectivity index (χ0n) is 20.5. The molecule has 0 bridgehead atoms. The summed E-state index contributed by atoms with van der Waals surface area (Å²) in [7, 11) is 0. The Kier molecular flexibility index (Phi) is 5.19. The molecular weight excluding hydrogens is 512 g/mol. The molecule has 7 heteroatoms. The molecule has 0 amide bonds. The molecule has 2 aliphatic carbocycles. The Balaban J connectivity index is 1.26. The highest BCUT2D eigenvalue weighted by molar-refractivity contribution is 7.25. The van der Waals surface area contributed by atoms with Gasteiger partial charge in [0.25, 0.3) is 0 Å². The second-order valence-corrected chi connectivity index (χ2v) is 12.3. The van der Waals surface area contributed by atoms with Crippen molar-refractivity contribution >= 4 is 51.9 Å². The SMILES string of the molecule is Cc1ccc(N2c3ccc(-c4cc5c(s4)-c4sc(/C=C(\C#N)C(=O)O)cc4C5=O)cc3C3CCCC32)cc1. The number of carbonyl (C=O) groups is 2. The molecule has 2 atom stereocenters. The molecule has 5 nitrogen and oxygen atoms in total. The van der Waals surface area contributed by atoms with Crippen LogP contribution in [0.1, 0.15) is 57.1 Å². The molecule has 7 rings (SSSR count). The van der Waals surface area contributed by atoms with Crippen molar-refractivity contribution in [2.24, 2.45) is 0 Å². The third kappa shape index (κ3) is 3.41. The number of benzene rings is 2. The van der Waals surface area contributed by atoms with Gasteiger partial charge < -0.3 is 10.0 Å². The van der Waals surface area contributed by atoms with Crippen molar-refractivity contribution in [2.75, 3.05) is 4.90 Å². The van der Waals surface area contributed by atoms with Gasteiger partial charge in [-0.05, 0) is 73.4 Å². The van der Waals surface area contributed by atoms with Crippen molar-refractivity contribution < 1.29 is 14.7 Å². The van der Waals surface area contributed by atoms with Crippen LogP contribution in [0.15, 0.2) is 60.2 Å². The van der Waals surface area contributed by atoms with Gasteiger partial charge in [-0.25, -0.2) is 4.79 Å². The van der Waals surface area contributed by atoms with Crippen LogP contribution in [0, 0.1) is 18.3 Å². The van der Waals surface area contributed by atoms with Crippen LogP contribution in [0.5, 0.6) is 0 Å². The number of nitriles is 1. The van der Waals surface area contributed by atoms with Crippen LogP contribution in [0.25, 0.3) is 26.3 Å². The zero-order valence-corrected chi connectivity index (χ0v) is 22.2. The van der Waals surface area contributed by atoms with E-state index in [2.05, 4.69) is 54.3 Å². The first kappa shape index (κ1) is 23.2. The molecule has 2 aromatic heterocycles. The van der Waals surface area contributed by atoms with Crippen LogP contribution in [-0.2, 0) is 4.79 Å². The number of nitrogens with zero attached hydrogens (tertiary/aromatic N) is 2. The summed E-state index contributed by atoms with van der Waals surface area (Å²) in [6.07, 6.45) is 4.96. The van der Waals surface area contributed by atoms with Gasteiger partial charge >= 0.3 is 5.97 Å². The summed E-state index contributed by atoms with van der Waals surface area (Å²) in [5.74, 6) is -0.792. The van der Waals surface area contributed by atoms with E-state index in [0.29, 0.717) is 28.0 Å². The highest BCUT2D eigenvalue weighted by atomic mass is 32.1. The Morgan fingerprint density at radius 2 is 1.82 bits per heavy atom. The summed E-state index contributed by atoms with van der Waals surface area (Å²) in [4.78, 5) is 30.4. The zero-order chi connectivity index (χ0) is 26.1. The van der Waals surface area contributed by atoms with E-state index in [1.165, 1.54) is 59.2 Å². The maximum Gasteiger partial charge on any atom is 0.346 e. The number of fused-ring (bicyclic) bond motifs is 6. The summed E-state index contributed by atoms with van der Waals surface area (Å²) in [5.41, 5.74) is 7.28. The second kappa shape index (κ2) is 8.52. The first-order chi connectivity index (χ1) is 18.4. The predicted molar refractivity (Wildman–Crippen MR) is 151 cm³/mol. The maximum absolute atomic E-state index is 13.2. The topological polar surface area (TPSA) is 81.4 Å². The molecule has 0 saturated heterocycles. The van der Waals surface area contributed by atoms with Gasteiger partial charge in [0.05, 0.1) is 9.75 Å². The molecule has 38 heavy (non-hydrogen) atoms. The first-order valence-electron chi connectivity index (χ1n) is 12.6. The van der Waals surface area contributed by atoms with E-state index < -0.39 is 5.97 Å². The highest BCUT2D eigenvalue weighted by Crippen LogP contribution is 2.54. The molecule has 2 aromatic carbocycles. The number of carboxylic acids is 1. The molecule has 3 heterocycles. The van der Waals surface area contributed by atoms with Crippen LogP contribution in [0.2, 0.25) is 0 Å². The van der Waals surface area contributed by atoms with Crippen molar-refractivity contribution in [1.29, 1.82) is 5.26 Å². The van der Waals surface area contributed by atoms with Crippen molar-refractivity contribution in [2.45, 2.75) is 38.1 Å². The standard InChI is InChI=1S/C31H22N2O3S2/c1-16-5-8-19(9-6-16)33-25-4-2-3-21(25)22-12-17(7-10-26(22)33)27-14-24-28(34)23-13-20(11-18(15-32)31(35)36)37-29(23)30(24)38-27/h5-14,21,25H,2-4H2,1H3,(H,35,36)/b18-11+. The Bertz CT molecular complexity index is 1740. The maximum atomic E-state index is 13.2. The van der Waals surface area contributed by atoms with Gasteiger partial charge in [0, 0.05) is 44.2 Å². The number of hydrogen-bond donors (Lipinski definition) is 1. The summed E-state index contributed by atoms with van der Waals surface area (Å²) >= 11 is 2.97. The van der Waals surface area contributed by atoms with Crippen molar-refractivity contribution in [3.05, 3.63) is 87.3 Å². The average molecular weight is 535 g/mol. The third-order valence-electron chi connectivity index (χ3n) is 7.91. The predicted octanol–water partition coefficient (Wildman–Crippen LogP) is 7.78. The smallest absolute Gasteiger partial charge is 0.346 e. The van der Waals surface area contributed by atoms with Crippen molar-refractivity contribution in [1.82, 2.24) is 0 Å². The molecule has 1 N–H and O–H groups in total. The lowest BCUT2D eigenvalue weighted by Gasteiger charge is -2.27. The molecule has 1 saturated carbocycles. The fraction of sp³-hybridized carbons (Fsp3) is 0.194. The normalized spacial score (nSPS) is 19.2. The van der Waals surface area contributed by atoms with Gasteiger partial charge in [-0.3, -0.25) is 4.79 Å². The van der Waals surface area contributed by atoms with Crippen LogP contribution in [0.4, 0.5) is 11.4 Å². The van der Waals surface area contributed by atoms with Gasteiger partial charge in [-0.15, -0.1) is 22.7 Å². The molecule has 3 aliphatic rings. The summed E-state index contributed by atoms with van der Waals surface area (Å²) in [6, 6.07) is 21.4. The Hall–Kier alpha value is -3.99. The van der Waals surface area contributed by atoms with E-state index >= 15 is 0 Å². The van der Waals surface area contributed by atoms with Gasteiger partial charge in [-0.2, -0.15) is 5.26 Å². The van der Waals surface area contributed by atoms with Gasteiger partial charge in [0.1, 0.15) is 11.6 Å². The van der Waals surface area contributed by atoms with Gasteiger partial charge in [0.2, 0.25) is 0 Å². The highest BCUT2D eigenvalue weighted by Gasteiger charge is 2.42. The van der Waals surface area contributed by atoms with Crippen LogP contribution < -0.4 is 4.90 Å². The number of ketones is 1. The lowest BCUT2D eigenvalue weighted by atomic mass is 9.95. The molecule has 1 aliphatic heterocycles. The number of carbonyl (C=O) groups excluding carboxylic acids is 1. The quantitative estimate of drug-likeness (QED) is 0.188. The lowest BCUT2D eigenvalue weighted by Crippen LogP contribution is -2.26. The molecule has 0 radical (unpaired) electrons. The monoisotopic (exact) mass is 534 g/mol. The summed E-state index contributed by atoms with van der Waals surface area (Å²) < 4.78 is 0. The number of aliphatic carboxylic acids is 1. The van der Waals surface area contributed by atoms with Crippen LogP contribution in [-0.4, -0.2) is 22.9 Å². The van der Waals surface area contributed by atoms with Crippen LogP contribution in [0.3, 0.4) is 0 Å². The second-order valence-electron chi connectivity index (χ2n) is 10.1. The van der Waals surface area contributed by atoms with E-state index in [1.807, 2.05) is 6.07 Å². The number of carboxylic acid groups (broad SMARTS) is 1. The number of thiophene rings is 2. The lowest BCUT2D eigenvalue weighted by molar-refractivity contribution is -0.132. The van der Waals surface area contributed by atoms with Gasteiger partial charge in [0.15, 0.2) is 5.78 Å². The molecule has 1 fully saturated rings. The van der Waals surface area contributed by atoms with E-state index in [9.17, 15) is 14.7 Å². The van der Waals surface area contributed by atoms with Gasteiger partial charge in [-0.1, -0.05) is 30.2 Å². The van der Waals surface area contributed by atoms with Crippen molar-refractivity contribution in [3.63, 3.8) is 0 Å². The third-order valence-corrected chi connectivity index (χ3v) is 10.3. The van der Waals surface area contributed by atoms with E-state index in [-0.39, 0.29) is 11.4 Å². The van der Waals surface area contributed by atoms with Crippen LogP contribution >= 0.6 is 22.7 Å². The Labute approximate surface area is 227 Å². The molecular formula is C31H22N2O3S2. The Morgan fingerprint density at radius 1 is 1.05 bits per heavy atom. The summed E-state index contributed by atoms with van der Waals surface area (Å²) in [6.45, 7) is 2.12. The fourth-order valence-corrected chi connectivity index (χ4v) is 8.58. The minimum absolute atomic E-state index is 0.0372. The first-order valence-corrected chi connectivity index (χ1v) is 14.2. The Morgan fingerprint density at radius 3 is 2.58 bits per heavy atom. The van der Waals surface area contributed by atoms with E-state index in [0.717, 1.165) is 20.2 Å². The molecule has 0 spiro atoms. The van der Waals surface area contributed by atoms with Crippen molar-refractivity contribution in [3.8, 4) is 26.3 Å². The largest absolute Gasteiger partial charge is 0.477 e. The molecule has 186 valence electrons. The minimum atomic E-state index is -1.27. The number of aryl methyl sites for hydroxylation is 1. The molecule has 4 aromatic rings. The number of hydrogen-bond acceptors (Lipinski definition) is 6. The average Bonchev–Trinajstić information content (AvgIpc) is 3.71. The number of anilines is 2. The minimum Gasteiger partial charge on any atom is -0.477 e.